The second kappa shape index (κ2) is 10.1. The van der Waals surface area contributed by atoms with Crippen LogP contribution in [0, 0.1) is 0 Å². The second-order valence-electron chi connectivity index (χ2n) is 6.32. The highest BCUT2D eigenvalue weighted by molar-refractivity contribution is 5.94. The Bertz CT molecular complexity index is 762. The van der Waals surface area contributed by atoms with Crippen molar-refractivity contribution in [3.8, 4) is 0 Å². The van der Waals surface area contributed by atoms with Crippen molar-refractivity contribution in [1.29, 1.82) is 0 Å². The Balaban J connectivity index is 2.05. The fourth-order valence-corrected chi connectivity index (χ4v) is 2.69. The lowest BCUT2D eigenvalue weighted by Crippen LogP contribution is -2.35. The standard InChI is InChI=1S/C21H24N2O4/c1-23(14-8-13-20(25)26)19(24)15-18(16-9-4-2-5-10-16)22-21(27)17-11-6-3-7-12-17/h2-7,9-12,18H,8,13-15H2,1H3,(H,22,27)(H,25,26). The average Bonchev–Trinajstić information content (AvgIpc) is 2.68. The van der Waals surface area contributed by atoms with E-state index in [4.69, 9.17) is 5.11 Å². The van der Waals surface area contributed by atoms with Gasteiger partial charge in [-0.15, -0.1) is 0 Å². The predicted molar refractivity (Wildman–Crippen MR) is 102 cm³/mol. The summed E-state index contributed by atoms with van der Waals surface area (Å²) in [5, 5.41) is 11.6. The normalized spacial score (nSPS) is 11.4. The van der Waals surface area contributed by atoms with Crippen LogP contribution in [0.15, 0.2) is 60.7 Å². The SMILES string of the molecule is CN(CCCC(=O)O)C(=O)CC(NC(=O)c1ccccc1)c1ccccc1. The molecule has 0 fully saturated rings. The monoisotopic (exact) mass is 368 g/mol. The van der Waals surface area contributed by atoms with Crippen molar-refractivity contribution in [3.05, 3.63) is 71.8 Å². The molecule has 0 radical (unpaired) electrons. The lowest BCUT2D eigenvalue weighted by Gasteiger charge is -2.23. The molecule has 2 N–H and O–H groups in total. The van der Waals surface area contributed by atoms with E-state index in [1.54, 1.807) is 31.3 Å². The summed E-state index contributed by atoms with van der Waals surface area (Å²) in [6.45, 7) is 0.360. The molecule has 0 bridgehead atoms. The van der Waals surface area contributed by atoms with Gasteiger partial charge in [-0.2, -0.15) is 0 Å². The number of carbonyl (C=O) groups is 3. The van der Waals surface area contributed by atoms with E-state index < -0.39 is 12.0 Å². The van der Waals surface area contributed by atoms with Gasteiger partial charge in [0, 0.05) is 25.6 Å². The topological polar surface area (TPSA) is 86.7 Å². The second-order valence-corrected chi connectivity index (χ2v) is 6.32. The zero-order valence-corrected chi connectivity index (χ0v) is 15.3. The van der Waals surface area contributed by atoms with Crippen molar-refractivity contribution >= 4 is 17.8 Å². The number of hydrogen-bond acceptors (Lipinski definition) is 3. The maximum atomic E-state index is 12.5. The van der Waals surface area contributed by atoms with Gasteiger partial charge in [-0.1, -0.05) is 48.5 Å². The van der Waals surface area contributed by atoms with E-state index in [2.05, 4.69) is 5.32 Å². The van der Waals surface area contributed by atoms with Gasteiger partial charge in [-0.05, 0) is 24.1 Å². The van der Waals surface area contributed by atoms with E-state index in [0.29, 0.717) is 18.5 Å². The summed E-state index contributed by atoms with van der Waals surface area (Å²) in [6, 6.07) is 17.7. The molecule has 2 rings (SSSR count). The van der Waals surface area contributed by atoms with Crippen LogP contribution in [0.3, 0.4) is 0 Å². The van der Waals surface area contributed by atoms with Crippen molar-refractivity contribution in [2.75, 3.05) is 13.6 Å². The molecule has 27 heavy (non-hydrogen) atoms. The molecule has 142 valence electrons. The molecule has 6 nitrogen and oxygen atoms in total. The Labute approximate surface area is 158 Å². The Morgan fingerprint density at radius 3 is 2.19 bits per heavy atom. The summed E-state index contributed by atoms with van der Waals surface area (Å²) in [6.07, 6.45) is 0.514. The summed E-state index contributed by atoms with van der Waals surface area (Å²) in [5.74, 6) is -1.28. The van der Waals surface area contributed by atoms with Crippen LogP contribution in [0.1, 0.15) is 41.2 Å². The van der Waals surface area contributed by atoms with Crippen LogP contribution in [0.25, 0.3) is 0 Å². The van der Waals surface area contributed by atoms with Crippen molar-refractivity contribution in [1.82, 2.24) is 10.2 Å². The Morgan fingerprint density at radius 1 is 1.00 bits per heavy atom. The van der Waals surface area contributed by atoms with Gasteiger partial charge in [-0.3, -0.25) is 14.4 Å². The predicted octanol–water partition coefficient (Wildman–Crippen LogP) is 2.87. The summed E-state index contributed by atoms with van der Waals surface area (Å²) >= 11 is 0. The number of aliphatic carboxylic acids is 1. The molecule has 0 saturated heterocycles. The van der Waals surface area contributed by atoms with Gasteiger partial charge in [0.2, 0.25) is 5.91 Å². The number of amides is 2. The highest BCUT2D eigenvalue weighted by Gasteiger charge is 2.21. The first kappa shape index (κ1) is 20.2. The van der Waals surface area contributed by atoms with Crippen molar-refractivity contribution in [2.45, 2.75) is 25.3 Å². The van der Waals surface area contributed by atoms with Crippen LogP contribution in [0.4, 0.5) is 0 Å². The van der Waals surface area contributed by atoms with Gasteiger partial charge in [-0.25, -0.2) is 0 Å². The molecule has 0 heterocycles. The van der Waals surface area contributed by atoms with Crippen LogP contribution in [-0.2, 0) is 9.59 Å². The Hall–Kier alpha value is -3.15. The van der Waals surface area contributed by atoms with Crippen LogP contribution >= 0.6 is 0 Å². The summed E-state index contributed by atoms with van der Waals surface area (Å²) in [7, 11) is 1.64. The molecule has 2 aromatic rings. The lowest BCUT2D eigenvalue weighted by atomic mass is 10.0. The molecule has 2 aromatic carbocycles. The van der Waals surface area contributed by atoms with E-state index in [-0.39, 0.29) is 24.7 Å². The fraction of sp³-hybridized carbons (Fsp3) is 0.286. The van der Waals surface area contributed by atoms with Gasteiger partial charge < -0.3 is 15.3 Å². The largest absolute Gasteiger partial charge is 0.481 e. The summed E-state index contributed by atoms with van der Waals surface area (Å²) in [4.78, 5) is 37.2. The summed E-state index contributed by atoms with van der Waals surface area (Å²) in [5.41, 5.74) is 1.37. The molecule has 0 aliphatic carbocycles. The Kier molecular flexibility index (Phi) is 7.55. The van der Waals surface area contributed by atoms with Crippen LogP contribution in [0.5, 0.6) is 0 Å². The Morgan fingerprint density at radius 2 is 1.59 bits per heavy atom. The molecule has 0 aromatic heterocycles. The molecule has 0 saturated carbocycles. The number of carboxylic acid groups (broad SMARTS) is 1. The molecule has 1 unspecified atom stereocenters. The minimum atomic E-state index is -0.881. The maximum absolute atomic E-state index is 12.5. The first-order valence-corrected chi connectivity index (χ1v) is 8.84. The molecule has 6 heteroatoms. The number of carboxylic acids is 1. The fourth-order valence-electron chi connectivity index (χ4n) is 2.69. The number of benzene rings is 2. The first-order chi connectivity index (χ1) is 13.0. The molecule has 2 amide bonds. The van der Waals surface area contributed by atoms with E-state index in [9.17, 15) is 14.4 Å². The zero-order valence-electron chi connectivity index (χ0n) is 15.3. The van der Waals surface area contributed by atoms with Gasteiger partial charge >= 0.3 is 5.97 Å². The molecule has 0 aliphatic rings. The molecule has 1 atom stereocenters. The third-order valence-electron chi connectivity index (χ3n) is 4.23. The average molecular weight is 368 g/mol. The van der Waals surface area contributed by atoms with Gasteiger partial charge in [0.15, 0.2) is 0 Å². The number of hydrogen-bond donors (Lipinski definition) is 2. The zero-order chi connectivity index (χ0) is 19.6. The van der Waals surface area contributed by atoms with Crippen molar-refractivity contribution in [3.63, 3.8) is 0 Å². The quantitative estimate of drug-likeness (QED) is 0.712. The lowest BCUT2D eigenvalue weighted by molar-refractivity contribution is -0.138. The maximum Gasteiger partial charge on any atom is 0.303 e. The van der Waals surface area contributed by atoms with Gasteiger partial charge in [0.1, 0.15) is 0 Å². The number of rotatable bonds is 9. The minimum Gasteiger partial charge on any atom is -0.481 e. The van der Waals surface area contributed by atoms with Gasteiger partial charge in [0.05, 0.1) is 12.5 Å². The van der Waals surface area contributed by atoms with E-state index in [0.717, 1.165) is 5.56 Å². The molecular weight excluding hydrogens is 344 g/mol. The van der Waals surface area contributed by atoms with E-state index in [1.807, 2.05) is 36.4 Å². The van der Waals surface area contributed by atoms with Crippen molar-refractivity contribution in [2.24, 2.45) is 0 Å². The molecule has 0 spiro atoms. The van der Waals surface area contributed by atoms with Crippen LogP contribution < -0.4 is 5.32 Å². The number of nitrogens with one attached hydrogen (secondary N) is 1. The third kappa shape index (κ3) is 6.58. The molecular formula is C21H24N2O4. The van der Waals surface area contributed by atoms with Crippen LogP contribution in [-0.4, -0.2) is 41.4 Å². The first-order valence-electron chi connectivity index (χ1n) is 8.84. The van der Waals surface area contributed by atoms with Crippen LogP contribution in [0.2, 0.25) is 0 Å². The molecule has 0 aliphatic heterocycles. The van der Waals surface area contributed by atoms with Crippen molar-refractivity contribution < 1.29 is 19.5 Å². The van der Waals surface area contributed by atoms with E-state index in [1.165, 1.54) is 4.90 Å². The number of nitrogens with zero attached hydrogens (tertiary/aromatic N) is 1. The smallest absolute Gasteiger partial charge is 0.303 e. The van der Waals surface area contributed by atoms with E-state index >= 15 is 0 Å². The minimum absolute atomic E-state index is 0.0183. The highest BCUT2D eigenvalue weighted by Crippen LogP contribution is 2.18. The van der Waals surface area contributed by atoms with Gasteiger partial charge in [0.25, 0.3) is 5.91 Å². The number of carbonyl (C=O) groups excluding carboxylic acids is 2. The highest BCUT2D eigenvalue weighted by atomic mass is 16.4. The summed E-state index contributed by atoms with van der Waals surface area (Å²) < 4.78 is 0. The third-order valence-corrected chi connectivity index (χ3v) is 4.23.